The number of hydrogen-bond acceptors (Lipinski definition) is 4. The zero-order valence-electron chi connectivity index (χ0n) is 12.2. The number of hydrogen-bond donors (Lipinski definition) is 1. The first-order valence-electron chi connectivity index (χ1n) is 6.96. The molecule has 1 heterocycles. The van der Waals surface area contributed by atoms with Crippen LogP contribution in [0.15, 0.2) is 29.2 Å². The Bertz CT molecular complexity index is 549. The monoisotopic (exact) mass is 334 g/mol. The molecule has 0 radical (unpaired) electrons. The molecule has 1 fully saturated rings. The summed E-state index contributed by atoms with van der Waals surface area (Å²) in [5, 5.41) is 0. The van der Waals surface area contributed by atoms with Gasteiger partial charge in [0, 0.05) is 12.6 Å². The maximum atomic E-state index is 12.9. The molecule has 7 heteroatoms. The van der Waals surface area contributed by atoms with Crippen LogP contribution in [0.2, 0.25) is 0 Å². The first kappa shape index (κ1) is 18.2. The molecule has 2 N–H and O–H groups in total. The van der Waals surface area contributed by atoms with E-state index in [9.17, 15) is 8.42 Å². The van der Waals surface area contributed by atoms with Crippen LogP contribution in [-0.4, -0.2) is 39.0 Å². The highest BCUT2D eigenvalue weighted by atomic mass is 35.5. The summed E-state index contributed by atoms with van der Waals surface area (Å²) in [5.41, 5.74) is 5.61. The molecule has 0 spiro atoms. The van der Waals surface area contributed by atoms with Crippen molar-refractivity contribution >= 4 is 22.4 Å². The second kappa shape index (κ2) is 7.98. The molecule has 1 atom stereocenters. The van der Waals surface area contributed by atoms with Crippen molar-refractivity contribution in [3.8, 4) is 5.75 Å². The Kier molecular flexibility index (Phi) is 6.93. The number of nitrogens with two attached hydrogens (primary N) is 1. The average Bonchev–Trinajstić information content (AvgIpc) is 2.48. The van der Waals surface area contributed by atoms with Gasteiger partial charge in [0.15, 0.2) is 0 Å². The molecule has 1 unspecified atom stereocenters. The second-order valence-electron chi connectivity index (χ2n) is 4.99. The van der Waals surface area contributed by atoms with Crippen molar-refractivity contribution in [2.75, 3.05) is 20.2 Å². The van der Waals surface area contributed by atoms with Crippen molar-refractivity contribution in [2.24, 2.45) is 5.73 Å². The second-order valence-corrected chi connectivity index (χ2v) is 6.85. The van der Waals surface area contributed by atoms with E-state index < -0.39 is 10.0 Å². The van der Waals surface area contributed by atoms with E-state index in [1.165, 1.54) is 7.11 Å². The highest BCUT2D eigenvalue weighted by Gasteiger charge is 2.34. The minimum Gasteiger partial charge on any atom is -0.495 e. The van der Waals surface area contributed by atoms with Gasteiger partial charge in [-0.05, 0) is 37.9 Å². The quantitative estimate of drug-likeness (QED) is 0.894. The van der Waals surface area contributed by atoms with Crippen molar-refractivity contribution < 1.29 is 13.2 Å². The largest absolute Gasteiger partial charge is 0.495 e. The molecule has 21 heavy (non-hydrogen) atoms. The fourth-order valence-corrected chi connectivity index (χ4v) is 4.61. The number of para-hydroxylation sites is 1. The van der Waals surface area contributed by atoms with E-state index in [-0.39, 0.29) is 23.3 Å². The maximum absolute atomic E-state index is 12.9. The molecule has 120 valence electrons. The first-order valence-corrected chi connectivity index (χ1v) is 8.40. The number of nitrogens with zero attached hydrogens (tertiary/aromatic N) is 1. The molecule has 0 amide bonds. The van der Waals surface area contributed by atoms with E-state index >= 15 is 0 Å². The lowest BCUT2D eigenvalue weighted by atomic mass is 10.0. The molecule has 2 rings (SSSR count). The van der Waals surface area contributed by atoms with Crippen molar-refractivity contribution in [3.05, 3.63) is 24.3 Å². The van der Waals surface area contributed by atoms with Gasteiger partial charge in [-0.3, -0.25) is 0 Å². The summed E-state index contributed by atoms with van der Waals surface area (Å²) in [4.78, 5) is 0.242. The third kappa shape index (κ3) is 3.88. The van der Waals surface area contributed by atoms with Crippen molar-refractivity contribution in [1.82, 2.24) is 4.31 Å². The normalized spacial score (nSPS) is 19.8. The summed E-state index contributed by atoms with van der Waals surface area (Å²) >= 11 is 0. The lowest BCUT2D eigenvalue weighted by Gasteiger charge is -2.34. The van der Waals surface area contributed by atoms with Gasteiger partial charge in [-0.25, -0.2) is 8.42 Å². The van der Waals surface area contributed by atoms with Crippen LogP contribution in [0.1, 0.15) is 25.7 Å². The van der Waals surface area contributed by atoms with Crippen LogP contribution in [0.4, 0.5) is 0 Å². The molecule has 1 aromatic carbocycles. The average molecular weight is 335 g/mol. The van der Waals surface area contributed by atoms with E-state index in [4.69, 9.17) is 10.5 Å². The Morgan fingerprint density at radius 2 is 2.05 bits per heavy atom. The summed E-state index contributed by atoms with van der Waals surface area (Å²) in [6, 6.07) is 6.77. The van der Waals surface area contributed by atoms with Crippen molar-refractivity contribution in [3.63, 3.8) is 0 Å². The Balaban J connectivity index is 0.00000220. The first-order chi connectivity index (χ1) is 9.61. The van der Waals surface area contributed by atoms with Crippen LogP contribution >= 0.6 is 12.4 Å². The van der Waals surface area contributed by atoms with E-state index in [0.29, 0.717) is 25.3 Å². The molecule has 1 aliphatic heterocycles. The number of piperidine rings is 1. The molecule has 1 aromatic rings. The Labute approximate surface area is 132 Å². The van der Waals surface area contributed by atoms with Crippen LogP contribution < -0.4 is 10.5 Å². The topological polar surface area (TPSA) is 72.6 Å². The third-order valence-electron chi connectivity index (χ3n) is 3.73. The summed E-state index contributed by atoms with van der Waals surface area (Å²) in [6.45, 7) is 1.06. The van der Waals surface area contributed by atoms with Crippen LogP contribution in [0.25, 0.3) is 0 Å². The summed E-state index contributed by atoms with van der Waals surface area (Å²) < 4.78 is 32.5. The van der Waals surface area contributed by atoms with Gasteiger partial charge in [0.05, 0.1) is 7.11 Å². The van der Waals surface area contributed by atoms with Gasteiger partial charge in [0.2, 0.25) is 10.0 Å². The van der Waals surface area contributed by atoms with E-state index in [0.717, 1.165) is 19.3 Å². The van der Waals surface area contributed by atoms with Gasteiger partial charge in [0.1, 0.15) is 10.6 Å². The smallest absolute Gasteiger partial charge is 0.247 e. The molecule has 0 aromatic heterocycles. The van der Waals surface area contributed by atoms with Crippen LogP contribution in [0.3, 0.4) is 0 Å². The fraction of sp³-hybridized carbons (Fsp3) is 0.571. The van der Waals surface area contributed by atoms with Crippen LogP contribution in [0.5, 0.6) is 5.75 Å². The van der Waals surface area contributed by atoms with Gasteiger partial charge in [0.25, 0.3) is 0 Å². The van der Waals surface area contributed by atoms with E-state index in [1.807, 2.05) is 0 Å². The van der Waals surface area contributed by atoms with Gasteiger partial charge in [-0.2, -0.15) is 4.31 Å². The number of methoxy groups -OCH3 is 1. The van der Waals surface area contributed by atoms with Gasteiger partial charge in [-0.1, -0.05) is 18.6 Å². The number of rotatable bonds is 5. The molecular formula is C14H23ClN2O3S. The van der Waals surface area contributed by atoms with Crippen molar-refractivity contribution in [2.45, 2.75) is 36.6 Å². The minimum atomic E-state index is -3.52. The summed E-state index contributed by atoms with van der Waals surface area (Å²) in [7, 11) is -2.04. The van der Waals surface area contributed by atoms with Gasteiger partial charge in [-0.15, -0.1) is 12.4 Å². The van der Waals surface area contributed by atoms with Crippen LogP contribution in [-0.2, 0) is 10.0 Å². The number of halogens is 1. The predicted molar refractivity (Wildman–Crippen MR) is 85.4 cm³/mol. The SMILES string of the molecule is COc1ccccc1S(=O)(=O)N1CCCCC1CCN.Cl. The van der Waals surface area contributed by atoms with E-state index in [2.05, 4.69) is 0 Å². The highest BCUT2D eigenvalue weighted by molar-refractivity contribution is 7.89. The third-order valence-corrected chi connectivity index (χ3v) is 5.72. The number of sulfonamides is 1. The zero-order chi connectivity index (χ0) is 14.6. The molecule has 0 bridgehead atoms. The Morgan fingerprint density at radius 3 is 2.71 bits per heavy atom. The van der Waals surface area contributed by atoms with Gasteiger partial charge >= 0.3 is 0 Å². The summed E-state index contributed by atoms with van der Waals surface area (Å²) in [6.07, 6.45) is 3.54. The Morgan fingerprint density at radius 1 is 1.33 bits per heavy atom. The maximum Gasteiger partial charge on any atom is 0.247 e. The minimum absolute atomic E-state index is 0. The van der Waals surface area contributed by atoms with Gasteiger partial charge < -0.3 is 10.5 Å². The molecule has 1 saturated heterocycles. The number of ether oxygens (including phenoxy) is 1. The Hall–Kier alpha value is -0.820. The molecule has 1 aliphatic rings. The van der Waals surface area contributed by atoms with Crippen molar-refractivity contribution in [1.29, 1.82) is 0 Å². The van der Waals surface area contributed by atoms with Crippen LogP contribution in [0, 0.1) is 0 Å². The predicted octanol–water partition coefficient (Wildman–Crippen LogP) is 2.01. The highest BCUT2D eigenvalue weighted by Crippen LogP contribution is 2.31. The molecule has 0 saturated carbocycles. The molecule has 0 aliphatic carbocycles. The summed E-state index contributed by atoms with van der Waals surface area (Å²) in [5.74, 6) is 0.393. The standard InChI is InChI=1S/C14H22N2O3S.ClH/c1-19-13-7-2-3-8-14(13)20(17,18)16-11-5-4-6-12(16)9-10-15;/h2-3,7-8,12H,4-6,9-11,15H2,1H3;1H. The molecular weight excluding hydrogens is 312 g/mol. The lowest BCUT2D eigenvalue weighted by molar-refractivity contribution is 0.242. The fourth-order valence-electron chi connectivity index (χ4n) is 2.73. The zero-order valence-corrected chi connectivity index (χ0v) is 13.8. The van der Waals surface area contributed by atoms with E-state index in [1.54, 1.807) is 28.6 Å². The molecule has 5 nitrogen and oxygen atoms in total. The number of benzene rings is 1. The lowest BCUT2D eigenvalue weighted by Crippen LogP contribution is -2.44.